The van der Waals surface area contributed by atoms with E-state index in [0.717, 1.165) is 0 Å². The summed E-state index contributed by atoms with van der Waals surface area (Å²) in [5, 5.41) is 2.26. The van der Waals surface area contributed by atoms with Gasteiger partial charge in [-0.25, -0.2) is 9.18 Å². The molecule has 0 saturated heterocycles. The molecular weight excluding hydrogens is 185 g/mol. The lowest BCUT2D eigenvalue weighted by Crippen LogP contribution is -2.14. The number of anilines is 1. The Hall–Kier alpha value is -1.84. The van der Waals surface area contributed by atoms with E-state index in [2.05, 4.69) is 16.6 Å². The molecule has 0 bridgehead atoms. The molecule has 0 unspecified atom stereocenters. The number of ether oxygens (including phenoxy) is 1. The molecule has 0 spiro atoms. The predicted molar refractivity (Wildman–Crippen MR) is 51.6 cm³/mol. The molecule has 0 aliphatic heterocycles. The number of benzene rings is 1. The Labute approximate surface area is 81.2 Å². The maximum absolute atomic E-state index is 13.0. The van der Waals surface area contributed by atoms with Crippen LogP contribution in [0.15, 0.2) is 36.9 Å². The lowest BCUT2D eigenvalue weighted by Gasteiger charge is -2.05. The van der Waals surface area contributed by atoms with Gasteiger partial charge in [0.15, 0.2) is 0 Å². The van der Waals surface area contributed by atoms with Crippen molar-refractivity contribution in [2.75, 3.05) is 11.9 Å². The highest BCUT2D eigenvalue weighted by atomic mass is 19.1. The van der Waals surface area contributed by atoms with E-state index in [-0.39, 0.29) is 12.3 Å². The second-order valence-corrected chi connectivity index (χ2v) is 2.49. The minimum absolute atomic E-state index is 0.0975. The highest BCUT2D eigenvalue weighted by Crippen LogP contribution is 2.12. The molecule has 74 valence electrons. The van der Waals surface area contributed by atoms with E-state index in [0.29, 0.717) is 0 Å². The molecule has 1 amide bonds. The zero-order valence-electron chi connectivity index (χ0n) is 7.50. The maximum atomic E-state index is 13.0. The Morgan fingerprint density at radius 2 is 2.29 bits per heavy atom. The summed E-state index contributed by atoms with van der Waals surface area (Å²) < 4.78 is 17.6. The Morgan fingerprint density at radius 3 is 2.93 bits per heavy atom. The summed E-state index contributed by atoms with van der Waals surface area (Å²) >= 11 is 0. The number of carbonyl (C=O) groups excluding carboxylic acids is 1. The summed E-state index contributed by atoms with van der Waals surface area (Å²) in [5.41, 5.74) is 0.0987. The van der Waals surface area contributed by atoms with Crippen LogP contribution >= 0.6 is 0 Å². The number of hydrogen-bond donors (Lipinski definition) is 1. The Kier molecular flexibility index (Phi) is 3.67. The molecule has 0 radical (unpaired) electrons. The predicted octanol–water partition coefficient (Wildman–Crippen LogP) is 2.56. The van der Waals surface area contributed by atoms with Gasteiger partial charge in [-0.05, 0) is 12.1 Å². The molecule has 4 heteroatoms. The lowest BCUT2D eigenvalue weighted by molar-refractivity contribution is 0.174. The van der Waals surface area contributed by atoms with Gasteiger partial charge in [-0.3, -0.25) is 5.32 Å². The maximum Gasteiger partial charge on any atom is 0.412 e. The van der Waals surface area contributed by atoms with E-state index >= 15 is 0 Å². The third-order valence-electron chi connectivity index (χ3n) is 1.44. The van der Waals surface area contributed by atoms with Crippen LogP contribution in [0.4, 0.5) is 14.9 Å². The molecule has 0 aromatic heterocycles. The van der Waals surface area contributed by atoms with Gasteiger partial charge in [0.1, 0.15) is 12.4 Å². The second kappa shape index (κ2) is 5.01. The second-order valence-electron chi connectivity index (χ2n) is 2.49. The lowest BCUT2D eigenvalue weighted by atomic mass is 10.3. The van der Waals surface area contributed by atoms with Gasteiger partial charge in [-0.1, -0.05) is 24.8 Å². The normalized spacial score (nSPS) is 9.21. The van der Waals surface area contributed by atoms with Gasteiger partial charge in [0, 0.05) is 0 Å². The number of nitrogens with one attached hydrogen (secondary N) is 1. The summed E-state index contributed by atoms with van der Waals surface area (Å²) in [5.74, 6) is -0.497. The van der Waals surface area contributed by atoms with Crippen molar-refractivity contribution in [2.45, 2.75) is 0 Å². The van der Waals surface area contributed by atoms with Crippen molar-refractivity contribution in [1.82, 2.24) is 0 Å². The topological polar surface area (TPSA) is 38.3 Å². The van der Waals surface area contributed by atoms with Crippen molar-refractivity contribution in [2.24, 2.45) is 0 Å². The minimum Gasteiger partial charge on any atom is -0.445 e. The molecule has 1 aromatic carbocycles. The van der Waals surface area contributed by atoms with Crippen molar-refractivity contribution < 1.29 is 13.9 Å². The monoisotopic (exact) mass is 195 g/mol. The van der Waals surface area contributed by atoms with E-state index in [1.54, 1.807) is 6.07 Å². The Morgan fingerprint density at radius 1 is 1.57 bits per heavy atom. The number of para-hydroxylation sites is 1. The van der Waals surface area contributed by atoms with Crippen LogP contribution in [0.3, 0.4) is 0 Å². The van der Waals surface area contributed by atoms with Crippen LogP contribution in [-0.4, -0.2) is 12.7 Å². The van der Waals surface area contributed by atoms with Gasteiger partial charge in [0.05, 0.1) is 5.69 Å². The van der Waals surface area contributed by atoms with Crippen molar-refractivity contribution >= 4 is 11.8 Å². The zero-order valence-corrected chi connectivity index (χ0v) is 7.50. The quantitative estimate of drug-likeness (QED) is 0.752. The van der Waals surface area contributed by atoms with Crippen LogP contribution in [0, 0.1) is 5.82 Å². The van der Waals surface area contributed by atoms with Gasteiger partial charge in [0.2, 0.25) is 0 Å². The van der Waals surface area contributed by atoms with Gasteiger partial charge in [-0.15, -0.1) is 0 Å². The summed E-state index contributed by atoms with van der Waals surface area (Å²) in [7, 11) is 0. The molecule has 3 nitrogen and oxygen atoms in total. The largest absolute Gasteiger partial charge is 0.445 e. The third kappa shape index (κ3) is 2.90. The first-order chi connectivity index (χ1) is 6.74. The van der Waals surface area contributed by atoms with Crippen molar-refractivity contribution in [3.05, 3.63) is 42.7 Å². The van der Waals surface area contributed by atoms with Crippen LogP contribution in [0.2, 0.25) is 0 Å². The summed E-state index contributed by atoms with van der Waals surface area (Å²) in [6.45, 7) is 3.48. The van der Waals surface area contributed by atoms with Crippen LogP contribution in [0.25, 0.3) is 0 Å². The minimum atomic E-state index is -0.699. The van der Waals surface area contributed by atoms with Crippen LogP contribution < -0.4 is 5.32 Å². The van der Waals surface area contributed by atoms with Gasteiger partial charge >= 0.3 is 6.09 Å². The molecule has 1 aromatic rings. The van der Waals surface area contributed by atoms with Gasteiger partial charge in [-0.2, -0.15) is 0 Å². The van der Waals surface area contributed by atoms with E-state index in [4.69, 9.17) is 0 Å². The number of amides is 1. The molecule has 0 heterocycles. The SMILES string of the molecule is C=CCOC(=O)Nc1ccccc1F. The van der Waals surface area contributed by atoms with E-state index in [9.17, 15) is 9.18 Å². The highest BCUT2D eigenvalue weighted by Gasteiger charge is 2.05. The molecule has 1 N–H and O–H groups in total. The number of halogens is 1. The van der Waals surface area contributed by atoms with E-state index in [1.165, 1.54) is 24.3 Å². The fraction of sp³-hybridized carbons (Fsp3) is 0.100. The summed E-state index contributed by atoms with van der Waals surface area (Å²) in [6, 6.07) is 5.86. The fourth-order valence-corrected chi connectivity index (χ4v) is 0.843. The number of rotatable bonds is 3. The fourth-order valence-electron chi connectivity index (χ4n) is 0.843. The Bertz CT molecular complexity index is 339. The van der Waals surface area contributed by atoms with E-state index < -0.39 is 11.9 Å². The third-order valence-corrected chi connectivity index (χ3v) is 1.44. The standard InChI is InChI=1S/C10H10FNO2/c1-2-7-14-10(13)12-9-6-4-3-5-8(9)11/h2-6H,1,7H2,(H,12,13). The zero-order chi connectivity index (χ0) is 10.4. The molecule has 0 atom stereocenters. The first kappa shape index (κ1) is 10.2. The number of carbonyl (C=O) groups is 1. The van der Waals surface area contributed by atoms with Gasteiger partial charge in [0.25, 0.3) is 0 Å². The highest BCUT2D eigenvalue weighted by molar-refractivity contribution is 5.84. The molecule has 1 rings (SSSR count). The smallest absolute Gasteiger partial charge is 0.412 e. The molecular formula is C10H10FNO2. The van der Waals surface area contributed by atoms with Crippen molar-refractivity contribution in [3.63, 3.8) is 0 Å². The molecule has 0 fully saturated rings. The van der Waals surface area contributed by atoms with Crippen molar-refractivity contribution in [3.8, 4) is 0 Å². The van der Waals surface area contributed by atoms with Crippen molar-refractivity contribution in [1.29, 1.82) is 0 Å². The molecule has 0 aliphatic rings. The molecule has 0 saturated carbocycles. The first-order valence-corrected chi connectivity index (χ1v) is 4.03. The average molecular weight is 195 g/mol. The first-order valence-electron chi connectivity index (χ1n) is 4.03. The summed E-state index contributed by atoms with van der Waals surface area (Å²) in [6.07, 6.45) is 0.732. The Balaban J connectivity index is 2.56. The van der Waals surface area contributed by atoms with Gasteiger partial charge < -0.3 is 4.74 Å². The van der Waals surface area contributed by atoms with Crippen LogP contribution in [0.5, 0.6) is 0 Å². The van der Waals surface area contributed by atoms with E-state index in [1.807, 2.05) is 0 Å². The molecule has 0 aliphatic carbocycles. The average Bonchev–Trinajstić information content (AvgIpc) is 2.18. The van der Waals surface area contributed by atoms with Crippen LogP contribution in [0.1, 0.15) is 0 Å². The summed E-state index contributed by atoms with van der Waals surface area (Å²) in [4.78, 5) is 11.0. The molecule has 14 heavy (non-hydrogen) atoms. The van der Waals surface area contributed by atoms with Crippen LogP contribution in [-0.2, 0) is 4.74 Å². The number of hydrogen-bond acceptors (Lipinski definition) is 2.